The Kier molecular flexibility index (Phi) is 6.51. The summed E-state index contributed by atoms with van der Waals surface area (Å²) in [5, 5.41) is 0. The number of esters is 1. The molecule has 3 rings (SSSR count). The molecule has 2 nitrogen and oxygen atoms in total. The molecule has 2 heteroatoms. The largest absolute Gasteiger partial charge is 0.465 e. The van der Waals surface area contributed by atoms with Crippen LogP contribution in [0.15, 0.2) is 36.4 Å². The van der Waals surface area contributed by atoms with Crippen LogP contribution in [0.1, 0.15) is 99.5 Å². The lowest BCUT2D eigenvalue weighted by atomic mass is 9.82. The molecule has 0 heterocycles. The maximum absolute atomic E-state index is 11.7. The predicted molar refractivity (Wildman–Crippen MR) is 132 cm³/mol. The van der Waals surface area contributed by atoms with Gasteiger partial charge < -0.3 is 4.74 Å². The lowest BCUT2D eigenvalue weighted by Crippen LogP contribution is -2.18. The summed E-state index contributed by atoms with van der Waals surface area (Å²) >= 11 is 0. The van der Waals surface area contributed by atoms with Crippen LogP contribution in [-0.4, -0.2) is 13.1 Å². The van der Waals surface area contributed by atoms with Crippen LogP contribution in [0.5, 0.6) is 0 Å². The van der Waals surface area contributed by atoms with E-state index < -0.39 is 0 Å². The third-order valence-corrected chi connectivity index (χ3v) is 6.72. The van der Waals surface area contributed by atoms with Crippen molar-refractivity contribution >= 4 is 17.6 Å². The van der Waals surface area contributed by atoms with Gasteiger partial charge in [0.15, 0.2) is 0 Å². The SMILES string of the molecule is COC(=O)c1ccc(/C=C(\C)c2cc3c(cc2CCC(C)C)C(C)(C)CC3(C)C)cc1. The van der Waals surface area contributed by atoms with Crippen molar-refractivity contribution in [1.29, 1.82) is 0 Å². The van der Waals surface area contributed by atoms with Crippen molar-refractivity contribution in [3.05, 3.63) is 69.8 Å². The van der Waals surface area contributed by atoms with Crippen LogP contribution in [0.25, 0.3) is 11.6 Å². The molecule has 0 unspecified atom stereocenters. The Bertz CT molecular complexity index is 988. The fourth-order valence-electron chi connectivity index (χ4n) is 5.24. The minimum atomic E-state index is -0.299. The molecule has 0 aliphatic heterocycles. The second-order valence-corrected chi connectivity index (χ2v) is 10.9. The number of carbonyl (C=O) groups excluding carboxylic acids is 1. The first-order valence-electron chi connectivity index (χ1n) is 11.5. The van der Waals surface area contributed by atoms with E-state index in [0.29, 0.717) is 11.5 Å². The number of aryl methyl sites for hydroxylation is 1. The Balaban J connectivity index is 2.05. The lowest BCUT2D eigenvalue weighted by molar-refractivity contribution is 0.0600. The summed E-state index contributed by atoms with van der Waals surface area (Å²) < 4.78 is 4.81. The van der Waals surface area contributed by atoms with Gasteiger partial charge in [-0.15, -0.1) is 0 Å². The number of allylic oxidation sites excluding steroid dienone is 1. The second-order valence-electron chi connectivity index (χ2n) is 10.9. The first-order valence-corrected chi connectivity index (χ1v) is 11.5. The van der Waals surface area contributed by atoms with E-state index >= 15 is 0 Å². The molecule has 0 bridgehead atoms. The van der Waals surface area contributed by atoms with Gasteiger partial charge in [-0.05, 0) is 88.5 Å². The molecule has 0 radical (unpaired) electrons. The molecule has 0 fully saturated rings. The zero-order valence-electron chi connectivity index (χ0n) is 20.6. The summed E-state index contributed by atoms with van der Waals surface area (Å²) in [4.78, 5) is 11.7. The third kappa shape index (κ3) is 4.95. The monoisotopic (exact) mass is 418 g/mol. The van der Waals surface area contributed by atoms with E-state index in [-0.39, 0.29) is 16.8 Å². The Hall–Kier alpha value is -2.35. The molecule has 0 saturated heterocycles. The highest BCUT2D eigenvalue weighted by Crippen LogP contribution is 2.50. The highest BCUT2D eigenvalue weighted by Gasteiger charge is 2.42. The van der Waals surface area contributed by atoms with Crippen LogP contribution < -0.4 is 0 Å². The van der Waals surface area contributed by atoms with Crippen molar-refractivity contribution in [1.82, 2.24) is 0 Å². The molecule has 0 atom stereocenters. The van der Waals surface area contributed by atoms with Gasteiger partial charge in [0.1, 0.15) is 0 Å². The number of carbonyl (C=O) groups is 1. The van der Waals surface area contributed by atoms with E-state index in [2.05, 4.69) is 66.7 Å². The molecule has 0 saturated carbocycles. The molecule has 0 N–H and O–H groups in total. The summed E-state index contributed by atoms with van der Waals surface area (Å²) in [6.07, 6.45) is 5.70. The molecule has 0 aromatic heterocycles. The fourth-order valence-corrected chi connectivity index (χ4v) is 5.24. The maximum Gasteiger partial charge on any atom is 0.337 e. The number of hydrogen-bond acceptors (Lipinski definition) is 2. The summed E-state index contributed by atoms with van der Waals surface area (Å²) in [7, 11) is 1.41. The normalized spacial score (nSPS) is 17.0. The minimum absolute atomic E-state index is 0.187. The van der Waals surface area contributed by atoms with Gasteiger partial charge >= 0.3 is 5.97 Å². The van der Waals surface area contributed by atoms with Gasteiger partial charge in [-0.25, -0.2) is 4.79 Å². The Morgan fingerprint density at radius 3 is 2.16 bits per heavy atom. The van der Waals surface area contributed by atoms with Crippen molar-refractivity contribution in [3.8, 4) is 0 Å². The minimum Gasteiger partial charge on any atom is -0.465 e. The molecule has 1 aliphatic carbocycles. The van der Waals surface area contributed by atoms with Crippen molar-refractivity contribution in [2.75, 3.05) is 7.11 Å². The third-order valence-electron chi connectivity index (χ3n) is 6.72. The molecule has 2 aromatic carbocycles. The summed E-state index contributed by atoms with van der Waals surface area (Å²) in [6, 6.07) is 12.6. The number of rotatable bonds is 6. The average Bonchev–Trinajstić information content (AvgIpc) is 2.88. The van der Waals surface area contributed by atoms with Crippen molar-refractivity contribution < 1.29 is 9.53 Å². The number of methoxy groups -OCH3 is 1. The van der Waals surface area contributed by atoms with E-state index in [4.69, 9.17) is 4.74 Å². The summed E-state index contributed by atoms with van der Waals surface area (Å²) in [5.41, 5.74) is 9.19. The first kappa shape index (κ1) is 23.3. The van der Waals surface area contributed by atoms with Crippen LogP contribution >= 0.6 is 0 Å². The molecule has 166 valence electrons. The molecule has 0 amide bonds. The van der Waals surface area contributed by atoms with E-state index in [1.807, 2.05) is 24.3 Å². The van der Waals surface area contributed by atoms with Crippen LogP contribution in [0.3, 0.4) is 0 Å². The van der Waals surface area contributed by atoms with Crippen molar-refractivity contribution in [3.63, 3.8) is 0 Å². The Morgan fingerprint density at radius 2 is 1.61 bits per heavy atom. The number of benzene rings is 2. The van der Waals surface area contributed by atoms with Gasteiger partial charge in [-0.1, -0.05) is 71.9 Å². The molecule has 2 aromatic rings. The Labute approximate surface area is 188 Å². The van der Waals surface area contributed by atoms with Crippen molar-refractivity contribution in [2.24, 2.45) is 5.92 Å². The Morgan fingerprint density at radius 1 is 1.03 bits per heavy atom. The van der Waals surface area contributed by atoms with E-state index in [9.17, 15) is 4.79 Å². The van der Waals surface area contributed by atoms with Gasteiger partial charge in [0.25, 0.3) is 0 Å². The van der Waals surface area contributed by atoms with Crippen LogP contribution in [0.2, 0.25) is 0 Å². The number of hydrogen-bond donors (Lipinski definition) is 0. The highest BCUT2D eigenvalue weighted by molar-refractivity contribution is 5.90. The zero-order chi connectivity index (χ0) is 23.0. The fraction of sp³-hybridized carbons (Fsp3) is 0.483. The lowest BCUT2D eigenvalue weighted by Gasteiger charge is -2.22. The molecule has 31 heavy (non-hydrogen) atoms. The summed E-state index contributed by atoms with van der Waals surface area (Å²) in [6.45, 7) is 16.3. The van der Waals surface area contributed by atoms with Gasteiger partial charge in [-0.3, -0.25) is 0 Å². The quantitative estimate of drug-likeness (QED) is 0.357. The van der Waals surface area contributed by atoms with E-state index in [0.717, 1.165) is 12.0 Å². The van der Waals surface area contributed by atoms with Gasteiger partial charge in [0.05, 0.1) is 12.7 Å². The second kappa shape index (κ2) is 8.65. The standard InChI is InChI=1S/C29H38O2/c1-19(2)9-12-23-16-25-26(29(6,7)18-28(25,4)5)17-24(23)20(3)15-21-10-13-22(14-11-21)27(30)31-8/h10-11,13-17,19H,9,12,18H2,1-8H3/b20-15+. The summed E-state index contributed by atoms with van der Waals surface area (Å²) in [5.74, 6) is 0.382. The van der Waals surface area contributed by atoms with Crippen LogP contribution in [0, 0.1) is 5.92 Å². The van der Waals surface area contributed by atoms with Crippen LogP contribution in [-0.2, 0) is 22.0 Å². The molecule has 1 aliphatic rings. The maximum atomic E-state index is 11.7. The number of fused-ring (bicyclic) bond motifs is 1. The van der Waals surface area contributed by atoms with E-state index in [1.165, 1.54) is 47.8 Å². The van der Waals surface area contributed by atoms with Gasteiger partial charge in [-0.2, -0.15) is 0 Å². The van der Waals surface area contributed by atoms with Crippen molar-refractivity contribution in [2.45, 2.75) is 78.6 Å². The molecular weight excluding hydrogens is 380 g/mol. The molecule has 0 spiro atoms. The highest BCUT2D eigenvalue weighted by atomic mass is 16.5. The zero-order valence-corrected chi connectivity index (χ0v) is 20.6. The van der Waals surface area contributed by atoms with Gasteiger partial charge in [0.2, 0.25) is 0 Å². The van der Waals surface area contributed by atoms with E-state index in [1.54, 1.807) is 0 Å². The van der Waals surface area contributed by atoms with Gasteiger partial charge in [0, 0.05) is 0 Å². The average molecular weight is 419 g/mol. The topological polar surface area (TPSA) is 26.3 Å². The predicted octanol–water partition coefficient (Wildman–Crippen LogP) is 7.58. The van der Waals surface area contributed by atoms with Crippen LogP contribution in [0.4, 0.5) is 0 Å². The first-order chi connectivity index (χ1) is 14.4. The number of ether oxygens (including phenoxy) is 1. The smallest absolute Gasteiger partial charge is 0.337 e. The molecular formula is C29H38O2.